The van der Waals surface area contributed by atoms with Crippen LogP contribution in [0.5, 0.6) is 0 Å². The molecule has 0 unspecified atom stereocenters. The molecule has 116 valence electrons. The second-order valence-corrected chi connectivity index (χ2v) is 6.38. The molecule has 0 radical (unpaired) electrons. The van der Waals surface area contributed by atoms with E-state index in [2.05, 4.69) is 50.1 Å². The van der Waals surface area contributed by atoms with E-state index in [1.54, 1.807) is 0 Å². The van der Waals surface area contributed by atoms with Crippen molar-refractivity contribution < 1.29 is 4.74 Å². The van der Waals surface area contributed by atoms with Gasteiger partial charge in [0.05, 0.1) is 19.3 Å². The molecular weight excluding hydrogens is 445 g/mol. The minimum atomic E-state index is 0. The Hall–Kier alpha value is -0.340. The third-order valence-corrected chi connectivity index (χ3v) is 4.63. The Morgan fingerprint density at radius 3 is 2.43 bits per heavy atom. The molecule has 21 heavy (non-hydrogen) atoms. The maximum Gasteiger partial charge on any atom is 0.191 e. The van der Waals surface area contributed by atoms with Gasteiger partial charge in [0.2, 0.25) is 0 Å². The molecule has 1 aromatic carbocycles. The summed E-state index contributed by atoms with van der Waals surface area (Å²) in [7, 11) is 0. The standard InChI is InChI=1S/C15H20BrN3O.HI/c16-13-3-1-11(2-4-13)12-9-14(10-12)18-15(17)19-5-7-20-8-6-19;/h1-4,12,14H,5-10H2,(H2,17,18);1H. The van der Waals surface area contributed by atoms with Crippen molar-refractivity contribution in [3.05, 3.63) is 34.3 Å². The third kappa shape index (κ3) is 4.32. The molecule has 0 aromatic heterocycles. The smallest absolute Gasteiger partial charge is 0.191 e. The molecule has 2 N–H and O–H groups in total. The Bertz CT molecular complexity index is 482. The molecule has 1 aliphatic carbocycles. The van der Waals surface area contributed by atoms with E-state index in [4.69, 9.17) is 10.5 Å². The topological polar surface area (TPSA) is 50.8 Å². The van der Waals surface area contributed by atoms with E-state index in [-0.39, 0.29) is 24.0 Å². The molecule has 6 heteroatoms. The summed E-state index contributed by atoms with van der Waals surface area (Å²) >= 11 is 3.47. The van der Waals surface area contributed by atoms with Crippen LogP contribution in [0.2, 0.25) is 0 Å². The van der Waals surface area contributed by atoms with Gasteiger partial charge in [0.25, 0.3) is 0 Å². The number of hydrogen-bond acceptors (Lipinski definition) is 2. The highest BCUT2D eigenvalue weighted by Gasteiger charge is 2.30. The monoisotopic (exact) mass is 465 g/mol. The van der Waals surface area contributed by atoms with Crippen molar-refractivity contribution in [2.24, 2.45) is 10.7 Å². The first kappa shape index (κ1) is 17.0. The number of hydrogen-bond donors (Lipinski definition) is 1. The van der Waals surface area contributed by atoms with Crippen LogP contribution in [0.3, 0.4) is 0 Å². The van der Waals surface area contributed by atoms with Crippen LogP contribution in [0.4, 0.5) is 0 Å². The number of ether oxygens (including phenoxy) is 1. The first-order chi connectivity index (χ1) is 9.72. The van der Waals surface area contributed by atoms with Crippen LogP contribution in [0.15, 0.2) is 33.7 Å². The first-order valence-electron chi connectivity index (χ1n) is 7.14. The SMILES string of the molecule is I.NC(=NC1CC(c2ccc(Br)cc2)C1)N1CCOCC1. The molecule has 1 aliphatic heterocycles. The molecule has 0 bridgehead atoms. The molecular formula is C15H21BrIN3O. The third-order valence-electron chi connectivity index (χ3n) is 4.10. The fourth-order valence-corrected chi connectivity index (χ4v) is 3.03. The van der Waals surface area contributed by atoms with Crippen LogP contribution in [-0.2, 0) is 4.74 Å². The highest BCUT2D eigenvalue weighted by molar-refractivity contribution is 14.0. The van der Waals surface area contributed by atoms with Crippen LogP contribution < -0.4 is 5.73 Å². The van der Waals surface area contributed by atoms with Gasteiger partial charge in [-0.05, 0) is 36.5 Å². The van der Waals surface area contributed by atoms with Crippen molar-refractivity contribution in [1.82, 2.24) is 4.90 Å². The van der Waals surface area contributed by atoms with Crippen molar-refractivity contribution in [2.75, 3.05) is 26.3 Å². The second-order valence-electron chi connectivity index (χ2n) is 5.46. The Labute approximate surface area is 151 Å². The van der Waals surface area contributed by atoms with Crippen LogP contribution in [0.1, 0.15) is 24.3 Å². The van der Waals surface area contributed by atoms with Gasteiger partial charge < -0.3 is 15.4 Å². The van der Waals surface area contributed by atoms with Crippen LogP contribution in [0.25, 0.3) is 0 Å². The first-order valence-corrected chi connectivity index (χ1v) is 7.93. The average Bonchev–Trinajstić information content (AvgIpc) is 2.44. The molecule has 2 aliphatic rings. The number of aliphatic imine (C=N–C) groups is 1. The minimum Gasteiger partial charge on any atom is -0.378 e. The molecule has 0 spiro atoms. The van der Waals surface area contributed by atoms with Crippen LogP contribution in [0, 0.1) is 0 Å². The summed E-state index contributed by atoms with van der Waals surface area (Å²) in [6, 6.07) is 8.98. The Morgan fingerprint density at radius 1 is 1.19 bits per heavy atom. The Kier molecular flexibility index (Phi) is 6.31. The summed E-state index contributed by atoms with van der Waals surface area (Å²) in [4.78, 5) is 6.78. The van der Waals surface area contributed by atoms with Crippen LogP contribution in [-0.4, -0.2) is 43.2 Å². The van der Waals surface area contributed by atoms with E-state index < -0.39 is 0 Å². The highest BCUT2D eigenvalue weighted by Crippen LogP contribution is 2.39. The summed E-state index contributed by atoms with van der Waals surface area (Å²) < 4.78 is 6.45. The number of guanidine groups is 1. The Morgan fingerprint density at radius 2 is 1.81 bits per heavy atom. The largest absolute Gasteiger partial charge is 0.378 e. The zero-order valence-electron chi connectivity index (χ0n) is 11.9. The van der Waals surface area contributed by atoms with E-state index in [1.165, 1.54) is 5.56 Å². The zero-order chi connectivity index (χ0) is 13.9. The van der Waals surface area contributed by atoms with Crippen molar-refractivity contribution >= 4 is 45.9 Å². The molecule has 1 heterocycles. The normalized spacial score (nSPS) is 26.0. The van der Waals surface area contributed by atoms with Gasteiger partial charge in [0.15, 0.2) is 5.96 Å². The van der Waals surface area contributed by atoms with E-state index in [0.29, 0.717) is 17.9 Å². The molecule has 2 fully saturated rings. The van der Waals surface area contributed by atoms with Gasteiger partial charge in [-0.3, -0.25) is 0 Å². The van der Waals surface area contributed by atoms with Gasteiger partial charge in [0.1, 0.15) is 0 Å². The fraction of sp³-hybridized carbons (Fsp3) is 0.533. The molecule has 3 rings (SSSR count). The number of morpholine rings is 1. The predicted octanol–water partition coefficient (Wildman–Crippen LogP) is 2.96. The lowest BCUT2D eigenvalue weighted by Crippen LogP contribution is -2.46. The highest BCUT2D eigenvalue weighted by atomic mass is 127. The lowest BCUT2D eigenvalue weighted by molar-refractivity contribution is 0.0671. The van der Waals surface area contributed by atoms with Gasteiger partial charge in [0, 0.05) is 17.6 Å². The lowest BCUT2D eigenvalue weighted by Gasteiger charge is -2.35. The maximum absolute atomic E-state index is 6.08. The average molecular weight is 466 g/mol. The van der Waals surface area contributed by atoms with E-state index >= 15 is 0 Å². The molecule has 1 aromatic rings. The van der Waals surface area contributed by atoms with Gasteiger partial charge >= 0.3 is 0 Å². The second kappa shape index (κ2) is 7.78. The quantitative estimate of drug-likeness (QED) is 0.415. The summed E-state index contributed by atoms with van der Waals surface area (Å²) in [5.74, 6) is 1.32. The fourth-order valence-electron chi connectivity index (χ4n) is 2.76. The summed E-state index contributed by atoms with van der Waals surface area (Å²) in [5, 5.41) is 0. The van der Waals surface area contributed by atoms with E-state index in [0.717, 1.165) is 43.6 Å². The number of rotatable bonds is 2. The van der Waals surface area contributed by atoms with Crippen molar-refractivity contribution in [3.8, 4) is 0 Å². The van der Waals surface area contributed by atoms with Gasteiger partial charge in [-0.15, -0.1) is 24.0 Å². The summed E-state index contributed by atoms with van der Waals surface area (Å²) in [6.07, 6.45) is 2.21. The predicted molar refractivity (Wildman–Crippen MR) is 99.3 cm³/mol. The molecule has 0 amide bonds. The van der Waals surface area contributed by atoms with Crippen LogP contribution >= 0.6 is 39.9 Å². The molecule has 1 saturated heterocycles. The summed E-state index contributed by atoms with van der Waals surface area (Å²) in [6.45, 7) is 3.22. The number of benzene rings is 1. The summed E-state index contributed by atoms with van der Waals surface area (Å²) in [5.41, 5.74) is 7.48. The van der Waals surface area contributed by atoms with E-state index in [1.807, 2.05) is 0 Å². The maximum atomic E-state index is 6.08. The Balaban J connectivity index is 0.00000161. The van der Waals surface area contributed by atoms with Gasteiger partial charge in [-0.2, -0.15) is 0 Å². The minimum absolute atomic E-state index is 0. The van der Waals surface area contributed by atoms with E-state index in [9.17, 15) is 0 Å². The number of nitrogens with zero attached hydrogens (tertiary/aromatic N) is 2. The number of halogens is 2. The lowest BCUT2D eigenvalue weighted by atomic mass is 9.76. The van der Waals surface area contributed by atoms with Crippen molar-refractivity contribution in [3.63, 3.8) is 0 Å². The van der Waals surface area contributed by atoms with Gasteiger partial charge in [-0.1, -0.05) is 28.1 Å². The molecule has 0 atom stereocenters. The molecule has 1 saturated carbocycles. The van der Waals surface area contributed by atoms with Crippen molar-refractivity contribution in [2.45, 2.75) is 24.8 Å². The number of nitrogens with two attached hydrogens (primary N) is 1. The molecule has 4 nitrogen and oxygen atoms in total. The van der Waals surface area contributed by atoms with Crippen molar-refractivity contribution in [1.29, 1.82) is 0 Å². The zero-order valence-corrected chi connectivity index (χ0v) is 15.8. The van der Waals surface area contributed by atoms with Gasteiger partial charge in [-0.25, -0.2) is 4.99 Å².